The highest BCUT2D eigenvalue weighted by Crippen LogP contribution is 2.37. The van der Waals surface area contributed by atoms with Crippen LogP contribution in [0, 0.1) is 5.92 Å². The molecule has 1 saturated heterocycles. The lowest BCUT2D eigenvalue weighted by Gasteiger charge is -2.42. The van der Waals surface area contributed by atoms with Crippen molar-refractivity contribution in [3.05, 3.63) is 92.7 Å². The normalized spacial score (nSPS) is 19.5. The summed E-state index contributed by atoms with van der Waals surface area (Å²) >= 11 is 0. The molecule has 0 unspecified atom stereocenters. The lowest BCUT2D eigenvalue weighted by Crippen LogP contribution is -2.46. The van der Waals surface area contributed by atoms with Crippen LogP contribution in [0.4, 0.5) is 0 Å². The average Bonchev–Trinajstić information content (AvgIpc) is 2.87. The maximum absolute atomic E-state index is 13.3. The van der Waals surface area contributed by atoms with Gasteiger partial charge in [0.25, 0.3) is 5.56 Å². The molecule has 2 atom stereocenters. The second kappa shape index (κ2) is 8.43. The number of rotatable bonds is 4. The zero-order valence-corrected chi connectivity index (χ0v) is 19.4. The van der Waals surface area contributed by atoms with Crippen LogP contribution in [0.3, 0.4) is 0 Å². The summed E-state index contributed by atoms with van der Waals surface area (Å²) in [5, 5.41) is 11.2. The molecule has 7 heteroatoms. The Bertz CT molecular complexity index is 1540. The first-order valence-corrected chi connectivity index (χ1v) is 11.8. The van der Waals surface area contributed by atoms with Crippen molar-refractivity contribution in [2.24, 2.45) is 5.92 Å². The number of methoxy groups -OCH3 is 1. The minimum Gasteiger partial charge on any atom is -0.507 e. The summed E-state index contributed by atoms with van der Waals surface area (Å²) in [5.41, 5.74) is 3.25. The second-order valence-electron chi connectivity index (χ2n) is 9.54. The predicted octanol–water partition coefficient (Wildman–Crippen LogP) is 3.96. The van der Waals surface area contributed by atoms with Crippen LogP contribution in [0.25, 0.3) is 22.1 Å². The molecule has 0 amide bonds. The number of piperidine rings is 1. The van der Waals surface area contributed by atoms with Gasteiger partial charge in [0.2, 0.25) is 5.43 Å². The van der Waals surface area contributed by atoms with Crippen LogP contribution in [0.5, 0.6) is 11.5 Å². The van der Waals surface area contributed by atoms with Gasteiger partial charge in [0.15, 0.2) is 0 Å². The van der Waals surface area contributed by atoms with E-state index >= 15 is 0 Å². The Morgan fingerprint density at radius 3 is 2.66 bits per heavy atom. The molecule has 2 aliphatic heterocycles. The number of phenolic OH excluding ortho intramolecular Hbond substituents is 1. The fourth-order valence-corrected chi connectivity index (χ4v) is 5.72. The molecule has 2 bridgehead atoms. The number of ether oxygens (including phenoxy) is 1. The Morgan fingerprint density at radius 1 is 1.03 bits per heavy atom. The van der Waals surface area contributed by atoms with Crippen molar-refractivity contribution < 1.29 is 14.3 Å². The summed E-state index contributed by atoms with van der Waals surface area (Å²) in [5.74, 6) is 1.46. The molecule has 35 heavy (non-hydrogen) atoms. The van der Waals surface area contributed by atoms with Gasteiger partial charge < -0.3 is 18.8 Å². The van der Waals surface area contributed by atoms with Gasteiger partial charge in [0.1, 0.15) is 23.3 Å². The zero-order chi connectivity index (χ0) is 24.1. The van der Waals surface area contributed by atoms with Gasteiger partial charge in [-0.3, -0.25) is 14.5 Å². The average molecular weight is 471 g/mol. The molecule has 1 fully saturated rings. The van der Waals surface area contributed by atoms with Crippen molar-refractivity contribution in [1.82, 2.24) is 9.47 Å². The number of aromatic hydroxyl groups is 1. The molecule has 0 saturated carbocycles. The number of phenols is 1. The Hall–Kier alpha value is -3.84. The van der Waals surface area contributed by atoms with Crippen molar-refractivity contribution >= 4 is 11.0 Å². The van der Waals surface area contributed by atoms with Crippen LogP contribution in [-0.4, -0.2) is 34.8 Å². The number of pyridine rings is 1. The van der Waals surface area contributed by atoms with Crippen LogP contribution in [0.2, 0.25) is 0 Å². The molecule has 178 valence electrons. The van der Waals surface area contributed by atoms with Crippen molar-refractivity contribution in [3.8, 4) is 22.6 Å². The van der Waals surface area contributed by atoms with Crippen LogP contribution in [0.1, 0.15) is 23.6 Å². The Morgan fingerprint density at radius 2 is 1.86 bits per heavy atom. The first kappa shape index (κ1) is 21.7. The van der Waals surface area contributed by atoms with Gasteiger partial charge in [0.05, 0.1) is 23.6 Å². The lowest BCUT2D eigenvalue weighted by molar-refractivity contribution is 0.113. The number of aromatic nitrogens is 1. The third-order valence-electron chi connectivity index (χ3n) is 7.36. The molecule has 0 aliphatic carbocycles. The van der Waals surface area contributed by atoms with Gasteiger partial charge in [0, 0.05) is 43.9 Å². The minimum absolute atomic E-state index is 0.0618. The lowest BCUT2D eigenvalue weighted by atomic mass is 9.83. The molecule has 4 heterocycles. The van der Waals surface area contributed by atoms with E-state index in [1.807, 2.05) is 28.8 Å². The summed E-state index contributed by atoms with van der Waals surface area (Å²) < 4.78 is 13.1. The summed E-state index contributed by atoms with van der Waals surface area (Å²) in [4.78, 5) is 28.0. The van der Waals surface area contributed by atoms with Crippen molar-refractivity contribution in [1.29, 1.82) is 0 Å². The van der Waals surface area contributed by atoms with Gasteiger partial charge >= 0.3 is 0 Å². The van der Waals surface area contributed by atoms with E-state index in [0.29, 0.717) is 46.9 Å². The van der Waals surface area contributed by atoms with Crippen LogP contribution in [0.15, 0.2) is 74.9 Å². The third kappa shape index (κ3) is 3.72. The van der Waals surface area contributed by atoms with Gasteiger partial charge in [-0.15, -0.1) is 0 Å². The standard InChI is InChI=1S/C28H26N2O5/c1-34-20-7-5-18(6-8-20)23-16-35-28-21(27(23)33)9-10-25(31)22(28)15-29-12-17-11-19(14-29)24-3-2-4-26(32)30(24)13-17/h2-10,16-17,19,31H,11-15H2,1H3/t17-,19-/m0/s1. The van der Waals surface area contributed by atoms with Gasteiger partial charge in [-0.2, -0.15) is 0 Å². The highest BCUT2D eigenvalue weighted by Gasteiger charge is 2.35. The fourth-order valence-electron chi connectivity index (χ4n) is 5.72. The molecule has 4 aromatic rings. The highest BCUT2D eigenvalue weighted by atomic mass is 16.5. The summed E-state index contributed by atoms with van der Waals surface area (Å²) in [7, 11) is 1.60. The first-order chi connectivity index (χ1) is 17.0. The number of hydrogen-bond donors (Lipinski definition) is 1. The number of nitrogens with zero attached hydrogens (tertiary/aromatic N) is 2. The largest absolute Gasteiger partial charge is 0.507 e. The number of likely N-dealkylation sites (tertiary alicyclic amines) is 1. The summed E-state index contributed by atoms with van der Waals surface area (Å²) in [6, 6.07) is 16.0. The number of benzene rings is 2. The Balaban J connectivity index is 1.34. The quantitative estimate of drug-likeness (QED) is 0.486. The van der Waals surface area contributed by atoms with E-state index in [2.05, 4.69) is 4.90 Å². The topological polar surface area (TPSA) is 84.9 Å². The number of fused-ring (bicyclic) bond motifs is 5. The molecule has 2 aliphatic rings. The molecule has 0 radical (unpaired) electrons. The maximum atomic E-state index is 13.3. The van der Waals surface area contributed by atoms with Gasteiger partial charge in [-0.05, 0) is 48.2 Å². The predicted molar refractivity (Wildman–Crippen MR) is 133 cm³/mol. The molecular formula is C28H26N2O5. The fraction of sp³-hybridized carbons (Fsp3) is 0.286. The highest BCUT2D eigenvalue weighted by molar-refractivity contribution is 5.85. The van der Waals surface area contributed by atoms with E-state index in [9.17, 15) is 14.7 Å². The zero-order valence-electron chi connectivity index (χ0n) is 19.4. The van der Waals surface area contributed by atoms with Crippen molar-refractivity contribution in [2.45, 2.75) is 25.4 Å². The van der Waals surface area contributed by atoms with E-state index in [-0.39, 0.29) is 22.7 Å². The van der Waals surface area contributed by atoms with Gasteiger partial charge in [-0.1, -0.05) is 18.2 Å². The molecule has 7 nitrogen and oxygen atoms in total. The smallest absolute Gasteiger partial charge is 0.250 e. The van der Waals surface area contributed by atoms with Crippen LogP contribution in [-0.2, 0) is 13.1 Å². The van der Waals surface area contributed by atoms with E-state index in [1.54, 1.807) is 37.4 Å². The molecule has 0 spiro atoms. The number of hydrogen-bond acceptors (Lipinski definition) is 6. The maximum Gasteiger partial charge on any atom is 0.250 e. The van der Waals surface area contributed by atoms with E-state index in [0.717, 1.165) is 30.8 Å². The second-order valence-corrected chi connectivity index (χ2v) is 9.54. The Labute approximate surface area is 201 Å². The molecule has 1 N–H and O–H groups in total. The van der Waals surface area contributed by atoms with E-state index in [1.165, 1.54) is 6.26 Å². The van der Waals surface area contributed by atoms with Crippen LogP contribution < -0.4 is 15.7 Å². The molecule has 6 rings (SSSR count). The first-order valence-electron chi connectivity index (χ1n) is 11.8. The van der Waals surface area contributed by atoms with Crippen molar-refractivity contribution in [2.75, 3.05) is 20.2 Å². The van der Waals surface area contributed by atoms with Gasteiger partial charge in [-0.25, -0.2) is 0 Å². The molecule has 2 aromatic carbocycles. The summed E-state index contributed by atoms with van der Waals surface area (Å²) in [6.45, 7) is 2.78. The Kier molecular flexibility index (Phi) is 5.22. The van der Waals surface area contributed by atoms with Crippen LogP contribution >= 0.6 is 0 Å². The minimum atomic E-state index is -0.138. The summed E-state index contributed by atoms with van der Waals surface area (Å²) in [6.07, 6.45) is 2.53. The SMILES string of the molecule is COc1ccc(-c2coc3c(CN4C[C@@H]5C[C@@H](C4)c4cccc(=O)n4C5)c(O)ccc3c2=O)cc1. The van der Waals surface area contributed by atoms with E-state index in [4.69, 9.17) is 9.15 Å². The van der Waals surface area contributed by atoms with Crippen molar-refractivity contribution in [3.63, 3.8) is 0 Å². The third-order valence-corrected chi connectivity index (χ3v) is 7.36. The molecular weight excluding hydrogens is 444 g/mol. The molecule has 2 aromatic heterocycles. The monoisotopic (exact) mass is 470 g/mol. The van der Waals surface area contributed by atoms with E-state index < -0.39 is 0 Å².